The standard InChI is InChI=1S/C24H24ClN5O4S/c1-2-28-11-13-29(14-12-28)20-8-7-16(15-18(20)25)26-24(35)27-23(31)22-10-9-21(34-22)17-5-3-4-6-19(17)30(32)33/h3-10,15H,2,11-14H2,1H3,(H2,26,27,31,35). The third-order valence-corrected chi connectivity index (χ3v) is 6.30. The lowest BCUT2D eigenvalue weighted by atomic mass is 10.1. The molecule has 1 fully saturated rings. The number of nitrogens with one attached hydrogen (secondary N) is 2. The first-order valence-corrected chi connectivity index (χ1v) is 11.9. The fourth-order valence-corrected chi connectivity index (χ4v) is 4.43. The monoisotopic (exact) mass is 513 g/mol. The van der Waals surface area contributed by atoms with Crippen molar-refractivity contribution in [3.8, 4) is 11.3 Å². The number of rotatable bonds is 6. The van der Waals surface area contributed by atoms with Crippen molar-refractivity contribution in [1.82, 2.24) is 10.2 Å². The average molecular weight is 514 g/mol. The molecular formula is C24H24ClN5O4S. The number of nitro groups is 1. The molecule has 0 bridgehead atoms. The van der Waals surface area contributed by atoms with Gasteiger partial charge in [0.05, 0.1) is 21.2 Å². The van der Waals surface area contributed by atoms with Gasteiger partial charge in [0.1, 0.15) is 5.76 Å². The van der Waals surface area contributed by atoms with Gasteiger partial charge in [0.25, 0.3) is 11.6 Å². The maximum Gasteiger partial charge on any atom is 0.293 e. The van der Waals surface area contributed by atoms with Gasteiger partial charge in [0.2, 0.25) is 0 Å². The van der Waals surface area contributed by atoms with E-state index in [0.717, 1.165) is 38.4 Å². The molecular weight excluding hydrogens is 490 g/mol. The second-order valence-corrected chi connectivity index (χ2v) is 8.75. The van der Waals surface area contributed by atoms with E-state index in [2.05, 4.69) is 27.4 Å². The lowest BCUT2D eigenvalue weighted by Gasteiger charge is -2.36. The maximum atomic E-state index is 12.6. The van der Waals surface area contributed by atoms with Crippen LogP contribution >= 0.6 is 23.8 Å². The lowest BCUT2D eigenvalue weighted by Crippen LogP contribution is -2.46. The molecule has 2 heterocycles. The summed E-state index contributed by atoms with van der Waals surface area (Å²) in [5, 5.41) is 17.4. The van der Waals surface area contributed by atoms with Crippen molar-refractivity contribution in [3.05, 3.63) is 75.5 Å². The van der Waals surface area contributed by atoms with Gasteiger partial charge in [-0.05, 0) is 55.2 Å². The summed E-state index contributed by atoms with van der Waals surface area (Å²) < 4.78 is 5.56. The fraction of sp³-hybridized carbons (Fsp3) is 0.250. The summed E-state index contributed by atoms with van der Waals surface area (Å²) in [6, 6.07) is 14.6. The predicted molar refractivity (Wildman–Crippen MR) is 140 cm³/mol. The van der Waals surface area contributed by atoms with Crippen LogP contribution in [0.2, 0.25) is 5.02 Å². The average Bonchev–Trinajstić information content (AvgIpc) is 3.35. The Labute approximate surface area is 212 Å². The Kier molecular flexibility index (Phi) is 7.64. The zero-order valence-electron chi connectivity index (χ0n) is 19.0. The highest BCUT2D eigenvalue weighted by atomic mass is 35.5. The number of nitro benzene ring substituents is 1. The Morgan fingerprint density at radius 2 is 1.89 bits per heavy atom. The second kappa shape index (κ2) is 10.9. The third-order valence-electron chi connectivity index (χ3n) is 5.79. The number of anilines is 2. The van der Waals surface area contributed by atoms with E-state index in [1.54, 1.807) is 24.3 Å². The van der Waals surface area contributed by atoms with Gasteiger partial charge in [-0.3, -0.25) is 20.2 Å². The van der Waals surface area contributed by atoms with Crippen LogP contribution < -0.4 is 15.5 Å². The summed E-state index contributed by atoms with van der Waals surface area (Å²) in [5.41, 5.74) is 1.76. The van der Waals surface area contributed by atoms with Crippen LogP contribution in [-0.4, -0.2) is 53.6 Å². The quantitative estimate of drug-likeness (QED) is 0.276. The number of carbonyl (C=O) groups excluding carboxylic acids is 1. The number of thiocarbonyl (C=S) groups is 1. The first kappa shape index (κ1) is 24.6. The van der Waals surface area contributed by atoms with E-state index >= 15 is 0 Å². The molecule has 0 aliphatic carbocycles. The highest BCUT2D eigenvalue weighted by Gasteiger charge is 2.21. The number of hydrogen-bond acceptors (Lipinski definition) is 7. The van der Waals surface area contributed by atoms with Crippen molar-refractivity contribution < 1.29 is 14.1 Å². The molecule has 0 unspecified atom stereocenters. The molecule has 0 atom stereocenters. The van der Waals surface area contributed by atoms with Gasteiger partial charge in [0.15, 0.2) is 10.9 Å². The molecule has 0 spiro atoms. The third kappa shape index (κ3) is 5.79. The van der Waals surface area contributed by atoms with Crippen molar-refractivity contribution in [3.63, 3.8) is 0 Å². The smallest absolute Gasteiger partial charge is 0.293 e. The van der Waals surface area contributed by atoms with Gasteiger partial charge in [-0.15, -0.1) is 0 Å². The molecule has 0 radical (unpaired) electrons. The van der Waals surface area contributed by atoms with Crippen LogP contribution in [0.1, 0.15) is 17.5 Å². The highest BCUT2D eigenvalue weighted by Crippen LogP contribution is 2.31. The number of amides is 1. The molecule has 0 saturated carbocycles. The number of hydrogen-bond donors (Lipinski definition) is 2. The van der Waals surface area contributed by atoms with Crippen LogP contribution in [0, 0.1) is 10.1 Å². The highest BCUT2D eigenvalue weighted by molar-refractivity contribution is 7.80. The summed E-state index contributed by atoms with van der Waals surface area (Å²) in [5.74, 6) is -0.394. The number of carbonyl (C=O) groups is 1. The first-order chi connectivity index (χ1) is 16.9. The largest absolute Gasteiger partial charge is 0.451 e. The van der Waals surface area contributed by atoms with Crippen molar-refractivity contribution in [1.29, 1.82) is 0 Å². The van der Waals surface area contributed by atoms with Gasteiger partial charge in [0, 0.05) is 37.9 Å². The molecule has 11 heteroatoms. The minimum absolute atomic E-state index is 0.0260. The molecule has 4 rings (SSSR count). The van der Waals surface area contributed by atoms with Crippen LogP contribution in [0.3, 0.4) is 0 Å². The normalized spacial score (nSPS) is 13.9. The Morgan fingerprint density at radius 3 is 2.57 bits per heavy atom. The number of benzene rings is 2. The topological polar surface area (TPSA) is 104 Å². The summed E-state index contributed by atoms with van der Waals surface area (Å²) in [6.07, 6.45) is 0. The summed E-state index contributed by atoms with van der Waals surface area (Å²) in [7, 11) is 0. The van der Waals surface area contributed by atoms with Gasteiger partial charge < -0.3 is 19.5 Å². The zero-order chi connectivity index (χ0) is 24.9. The van der Waals surface area contributed by atoms with E-state index in [-0.39, 0.29) is 27.9 Å². The minimum atomic E-state index is -0.580. The van der Waals surface area contributed by atoms with Crippen LogP contribution in [0.25, 0.3) is 11.3 Å². The van der Waals surface area contributed by atoms with Crippen molar-refractivity contribution >= 4 is 51.9 Å². The van der Waals surface area contributed by atoms with Gasteiger partial charge >= 0.3 is 0 Å². The number of para-hydroxylation sites is 1. The molecule has 182 valence electrons. The summed E-state index contributed by atoms with van der Waals surface area (Å²) in [4.78, 5) is 28.0. The summed E-state index contributed by atoms with van der Waals surface area (Å²) in [6.45, 7) is 7.01. The Balaban J connectivity index is 1.37. The van der Waals surface area contributed by atoms with Crippen molar-refractivity contribution in [2.75, 3.05) is 42.9 Å². The molecule has 3 aromatic rings. The van der Waals surface area contributed by atoms with Crippen molar-refractivity contribution in [2.24, 2.45) is 0 Å². The molecule has 9 nitrogen and oxygen atoms in total. The van der Waals surface area contributed by atoms with Gasteiger partial charge in [-0.25, -0.2) is 0 Å². The molecule has 1 amide bonds. The minimum Gasteiger partial charge on any atom is -0.451 e. The summed E-state index contributed by atoms with van der Waals surface area (Å²) >= 11 is 11.8. The molecule has 1 aromatic heterocycles. The number of likely N-dealkylation sites (N-methyl/N-ethyl adjacent to an activating group) is 1. The second-order valence-electron chi connectivity index (χ2n) is 7.93. The molecule has 2 aromatic carbocycles. The molecule has 1 aliphatic rings. The van der Waals surface area contributed by atoms with Crippen LogP contribution in [-0.2, 0) is 0 Å². The van der Waals surface area contributed by atoms with Crippen molar-refractivity contribution in [2.45, 2.75) is 6.92 Å². The molecule has 35 heavy (non-hydrogen) atoms. The van der Waals surface area contributed by atoms with Crippen LogP contribution in [0.4, 0.5) is 17.1 Å². The first-order valence-electron chi connectivity index (χ1n) is 11.1. The van der Waals surface area contributed by atoms with E-state index < -0.39 is 10.8 Å². The van der Waals surface area contributed by atoms with E-state index in [4.69, 9.17) is 28.2 Å². The van der Waals surface area contributed by atoms with Crippen LogP contribution in [0.5, 0.6) is 0 Å². The maximum absolute atomic E-state index is 12.6. The van der Waals surface area contributed by atoms with Gasteiger partial charge in [-0.2, -0.15) is 0 Å². The molecule has 1 aliphatic heterocycles. The molecule has 1 saturated heterocycles. The fourth-order valence-electron chi connectivity index (χ4n) is 3.92. The Morgan fingerprint density at radius 1 is 1.14 bits per heavy atom. The predicted octanol–water partition coefficient (Wildman–Crippen LogP) is 4.78. The Bertz CT molecular complexity index is 1260. The number of halogens is 1. The van der Waals surface area contributed by atoms with Crippen LogP contribution in [0.15, 0.2) is 59.0 Å². The number of piperazine rings is 1. The zero-order valence-corrected chi connectivity index (χ0v) is 20.6. The Hall–Kier alpha value is -3.47. The van der Waals surface area contributed by atoms with E-state index in [1.165, 1.54) is 18.2 Å². The molecule has 2 N–H and O–H groups in total. The number of furan rings is 1. The lowest BCUT2D eigenvalue weighted by molar-refractivity contribution is -0.384. The van der Waals surface area contributed by atoms with E-state index in [9.17, 15) is 14.9 Å². The SMILES string of the molecule is CCN1CCN(c2ccc(NC(=S)NC(=O)c3ccc(-c4ccccc4[N+](=O)[O-])o3)cc2Cl)CC1. The van der Waals surface area contributed by atoms with E-state index in [1.807, 2.05) is 12.1 Å². The number of nitrogens with zero attached hydrogens (tertiary/aromatic N) is 3. The van der Waals surface area contributed by atoms with Gasteiger partial charge in [-0.1, -0.05) is 30.7 Å². The van der Waals surface area contributed by atoms with E-state index in [0.29, 0.717) is 10.7 Å².